The quantitative estimate of drug-likeness (QED) is 0.903. The van der Waals surface area contributed by atoms with Crippen LogP contribution in [0.1, 0.15) is 46.2 Å². The van der Waals surface area contributed by atoms with E-state index in [-0.39, 0.29) is 16.9 Å². The number of aryl methyl sites for hydroxylation is 1. The van der Waals surface area contributed by atoms with Gasteiger partial charge in [0.05, 0.1) is 16.6 Å². The molecule has 0 atom stereocenters. The summed E-state index contributed by atoms with van der Waals surface area (Å²) in [6.45, 7) is 10.6. The number of nitrogens with zero attached hydrogens (tertiary/aromatic N) is 3. The maximum Gasteiger partial charge on any atom is 0.186 e. The van der Waals surface area contributed by atoms with Crippen molar-refractivity contribution in [1.29, 1.82) is 0 Å². The van der Waals surface area contributed by atoms with Crippen LogP contribution in [0.5, 0.6) is 0 Å². The number of aromatic nitrogens is 2. The summed E-state index contributed by atoms with van der Waals surface area (Å²) in [6.07, 6.45) is 3.73. The lowest BCUT2D eigenvalue weighted by molar-refractivity contribution is 0.161. The largest absolute Gasteiger partial charge is 0.348 e. The van der Waals surface area contributed by atoms with Crippen LogP contribution >= 0.6 is 11.3 Å². The lowest BCUT2D eigenvalue weighted by Crippen LogP contribution is -2.61. The van der Waals surface area contributed by atoms with Gasteiger partial charge in [0.15, 0.2) is 10.9 Å². The van der Waals surface area contributed by atoms with E-state index in [0.717, 1.165) is 18.0 Å². The van der Waals surface area contributed by atoms with E-state index in [2.05, 4.69) is 54.9 Å². The van der Waals surface area contributed by atoms with Crippen molar-refractivity contribution in [1.82, 2.24) is 15.3 Å². The van der Waals surface area contributed by atoms with Crippen LogP contribution < -0.4 is 10.2 Å². The molecule has 1 N–H and O–H groups in total. The van der Waals surface area contributed by atoms with Crippen molar-refractivity contribution in [2.75, 3.05) is 11.9 Å². The van der Waals surface area contributed by atoms with Gasteiger partial charge in [-0.15, -0.1) is 0 Å². The average molecular weight is 336 g/mol. The number of halogens is 1. The van der Waals surface area contributed by atoms with Crippen LogP contribution in [0.15, 0.2) is 6.20 Å². The number of nitrogens with one attached hydrogen (secondary N) is 1. The molecule has 2 aromatic heterocycles. The first-order valence-corrected chi connectivity index (χ1v) is 8.83. The van der Waals surface area contributed by atoms with Crippen molar-refractivity contribution in [3.05, 3.63) is 17.7 Å². The molecule has 6 heteroatoms. The number of rotatable bonds is 2. The fraction of sp³-hybridized carbons (Fsp3) is 0.647. The fourth-order valence-corrected chi connectivity index (χ4v) is 4.85. The number of pyridine rings is 1. The maximum atomic E-state index is 14.2. The molecule has 0 saturated carbocycles. The Morgan fingerprint density at radius 3 is 2.48 bits per heavy atom. The summed E-state index contributed by atoms with van der Waals surface area (Å²) < 4.78 is 14.8. The van der Waals surface area contributed by atoms with Gasteiger partial charge in [0, 0.05) is 24.2 Å². The zero-order chi connectivity index (χ0) is 17.0. The second kappa shape index (κ2) is 5.38. The molecule has 1 aliphatic heterocycles. The van der Waals surface area contributed by atoms with Gasteiger partial charge in [-0.1, -0.05) is 11.3 Å². The lowest BCUT2D eigenvalue weighted by Gasteiger charge is -2.48. The van der Waals surface area contributed by atoms with Gasteiger partial charge < -0.3 is 10.2 Å². The first-order chi connectivity index (χ1) is 10.6. The molecule has 4 nitrogen and oxygen atoms in total. The molecule has 0 spiro atoms. The summed E-state index contributed by atoms with van der Waals surface area (Å²) in [4.78, 5) is 10.9. The minimum absolute atomic E-state index is 0.0702. The molecule has 1 fully saturated rings. The monoisotopic (exact) mass is 336 g/mol. The van der Waals surface area contributed by atoms with Gasteiger partial charge in [0.2, 0.25) is 0 Å². The smallest absolute Gasteiger partial charge is 0.186 e. The Balaban J connectivity index is 1.94. The topological polar surface area (TPSA) is 41.1 Å². The third-order valence-corrected chi connectivity index (χ3v) is 5.71. The molecule has 3 heterocycles. The van der Waals surface area contributed by atoms with Crippen molar-refractivity contribution in [3.63, 3.8) is 0 Å². The molecule has 0 bridgehead atoms. The first kappa shape index (κ1) is 16.6. The van der Waals surface area contributed by atoms with Gasteiger partial charge in [-0.05, 0) is 47.5 Å². The molecule has 126 valence electrons. The van der Waals surface area contributed by atoms with Gasteiger partial charge in [-0.2, -0.15) is 0 Å². The van der Waals surface area contributed by atoms with Crippen molar-refractivity contribution < 1.29 is 4.39 Å². The van der Waals surface area contributed by atoms with E-state index < -0.39 is 0 Å². The molecular weight excluding hydrogens is 311 g/mol. The van der Waals surface area contributed by atoms with E-state index in [9.17, 15) is 4.39 Å². The number of thiazole rings is 1. The molecule has 1 aliphatic rings. The molecule has 2 aromatic rings. The highest BCUT2D eigenvalue weighted by Crippen LogP contribution is 2.36. The minimum atomic E-state index is -0.245. The molecule has 0 aliphatic carbocycles. The fourth-order valence-electron chi connectivity index (χ4n) is 3.79. The minimum Gasteiger partial charge on any atom is -0.348 e. The summed E-state index contributed by atoms with van der Waals surface area (Å²) in [5.41, 5.74) is 1.22. The Morgan fingerprint density at radius 1 is 1.26 bits per heavy atom. The Kier molecular flexibility index (Phi) is 3.88. The van der Waals surface area contributed by atoms with Gasteiger partial charge in [-0.25, -0.2) is 9.37 Å². The molecule has 3 rings (SSSR count). The Morgan fingerprint density at radius 2 is 1.87 bits per heavy atom. The Labute approximate surface area is 141 Å². The summed E-state index contributed by atoms with van der Waals surface area (Å²) in [7, 11) is 2.07. The van der Waals surface area contributed by atoms with Crippen LogP contribution in [0.4, 0.5) is 9.52 Å². The van der Waals surface area contributed by atoms with Crippen LogP contribution in [-0.4, -0.2) is 34.1 Å². The highest BCUT2D eigenvalue weighted by Gasteiger charge is 2.39. The molecule has 0 amide bonds. The average Bonchev–Trinajstić information content (AvgIpc) is 2.83. The highest BCUT2D eigenvalue weighted by molar-refractivity contribution is 7.22. The molecule has 23 heavy (non-hydrogen) atoms. The number of anilines is 1. The third kappa shape index (κ3) is 3.19. The van der Waals surface area contributed by atoms with Crippen LogP contribution in [-0.2, 0) is 0 Å². The summed E-state index contributed by atoms with van der Waals surface area (Å²) >= 11 is 1.42. The number of hydrogen-bond donors (Lipinski definition) is 1. The van der Waals surface area contributed by atoms with E-state index in [1.165, 1.54) is 11.3 Å². The van der Waals surface area contributed by atoms with Gasteiger partial charge in [-0.3, -0.25) is 4.98 Å². The van der Waals surface area contributed by atoms with E-state index in [0.29, 0.717) is 22.0 Å². The van der Waals surface area contributed by atoms with E-state index in [1.54, 1.807) is 13.1 Å². The normalized spacial score (nSPS) is 20.8. The number of fused-ring (bicyclic) bond motifs is 1. The molecule has 0 radical (unpaired) electrons. The number of hydrogen-bond acceptors (Lipinski definition) is 5. The van der Waals surface area contributed by atoms with Crippen molar-refractivity contribution >= 4 is 26.7 Å². The molecule has 0 unspecified atom stereocenters. The zero-order valence-corrected chi connectivity index (χ0v) is 15.5. The van der Waals surface area contributed by atoms with Crippen molar-refractivity contribution in [3.8, 4) is 0 Å². The van der Waals surface area contributed by atoms with Crippen molar-refractivity contribution in [2.45, 2.75) is 64.6 Å². The standard InChI is InChI=1S/C17H25FN4S/c1-10-13(18)14-12(9-19-10)20-15(23-14)22(6)11-7-16(2,3)21-17(4,5)8-11/h9,11,21H,7-8H2,1-6H3. The maximum absolute atomic E-state index is 14.2. The lowest BCUT2D eigenvalue weighted by atomic mass is 9.79. The number of piperidine rings is 1. The van der Waals surface area contributed by atoms with Crippen LogP contribution in [0, 0.1) is 12.7 Å². The SMILES string of the molecule is Cc1ncc2nc(N(C)C3CC(C)(C)NC(C)(C)C3)sc2c1F. The van der Waals surface area contributed by atoms with Gasteiger partial charge in [0.1, 0.15) is 5.52 Å². The first-order valence-electron chi connectivity index (χ1n) is 8.02. The Bertz CT molecular complexity index is 722. The second-order valence-corrected chi connectivity index (χ2v) is 8.91. The van der Waals surface area contributed by atoms with E-state index in [1.807, 2.05) is 0 Å². The predicted molar refractivity (Wildman–Crippen MR) is 94.8 cm³/mol. The van der Waals surface area contributed by atoms with E-state index in [4.69, 9.17) is 0 Å². The van der Waals surface area contributed by atoms with E-state index >= 15 is 0 Å². The predicted octanol–water partition coefficient (Wildman–Crippen LogP) is 3.88. The van der Waals surface area contributed by atoms with Crippen LogP contribution in [0.2, 0.25) is 0 Å². The summed E-state index contributed by atoms with van der Waals surface area (Å²) in [6, 6.07) is 0.374. The van der Waals surface area contributed by atoms with Crippen LogP contribution in [0.25, 0.3) is 10.2 Å². The summed E-state index contributed by atoms with van der Waals surface area (Å²) in [5.74, 6) is -0.245. The van der Waals surface area contributed by atoms with Gasteiger partial charge in [0.25, 0.3) is 0 Å². The zero-order valence-electron chi connectivity index (χ0n) is 14.7. The molecule has 1 saturated heterocycles. The van der Waals surface area contributed by atoms with Crippen LogP contribution in [0.3, 0.4) is 0 Å². The summed E-state index contributed by atoms with van der Waals surface area (Å²) in [5, 5.41) is 4.56. The molecule has 0 aromatic carbocycles. The van der Waals surface area contributed by atoms with Crippen molar-refractivity contribution in [2.24, 2.45) is 0 Å². The Hall–Kier alpha value is -1.27. The third-order valence-electron chi connectivity index (χ3n) is 4.56. The van der Waals surface area contributed by atoms with Gasteiger partial charge >= 0.3 is 0 Å². The second-order valence-electron chi connectivity index (χ2n) is 7.93. The highest BCUT2D eigenvalue weighted by atomic mass is 32.1. The molecular formula is C17H25FN4S.